The van der Waals surface area contributed by atoms with Crippen molar-refractivity contribution in [3.8, 4) is 0 Å². The topological polar surface area (TPSA) is 68.0 Å². The molecule has 0 aliphatic rings. The Balaban J connectivity index is 2.59. The summed E-state index contributed by atoms with van der Waals surface area (Å²) in [5.41, 5.74) is 4.30. The van der Waals surface area contributed by atoms with Gasteiger partial charge >= 0.3 is 0 Å². The minimum Gasteiger partial charge on any atom is -0.289 e. The van der Waals surface area contributed by atoms with Crippen molar-refractivity contribution in [3.63, 3.8) is 0 Å². The fourth-order valence-corrected chi connectivity index (χ4v) is 1.43. The largest absolute Gasteiger partial charge is 0.289 e. The van der Waals surface area contributed by atoms with Crippen LogP contribution in [0.2, 0.25) is 0 Å². The average Bonchev–Trinajstić information content (AvgIpc) is 2.27. The Morgan fingerprint density at radius 2 is 2.07 bits per heavy atom. The zero-order valence-corrected chi connectivity index (χ0v) is 8.32. The minimum atomic E-state index is -0.376. The van der Waals surface area contributed by atoms with E-state index in [9.17, 15) is 4.79 Å². The number of aromatic nitrogens is 1. The van der Waals surface area contributed by atoms with E-state index in [0.29, 0.717) is 5.69 Å². The van der Waals surface area contributed by atoms with Crippen molar-refractivity contribution < 1.29 is 4.79 Å². The van der Waals surface area contributed by atoms with Crippen LogP contribution in [0.1, 0.15) is 16.1 Å². The van der Waals surface area contributed by atoms with Gasteiger partial charge in [-0.05, 0) is 24.6 Å². The Morgan fingerprint density at radius 3 is 2.80 bits per heavy atom. The molecule has 76 valence electrons. The van der Waals surface area contributed by atoms with Crippen molar-refractivity contribution in [1.29, 1.82) is 0 Å². The molecule has 15 heavy (non-hydrogen) atoms. The second-order valence-electron chi connectivity index (χ2n) is 3.37. The van der Waals surface area contributed by atoms with E-state index < -0.39 is 0 Å². The second kappa shape index (κ2) is 3.67. The Morgan fingerprint density at radius 1 is 1.33 bits per heavy atom. The molecule has 1 aromatic carbocycles. The molecule has 3 N–H and O–H groups in total. The zero-order chi connectivity index (χ0) is 10.8. The van der Waals surface area contributed by atoms with Gasteiger partial charge in [-0.3, -0.25) is 10.2 Å². The summed E-state index contributed by atoms with van der Waals surface area (Å²) in [6.45, 7) is 1.98. The maximum Gasteiger partial charge on any atom is 0.283 e. The number of nitrogens with zero attached hydrogens (tertiary/aromatic N) is 1. The molecule has 0 aliphatic heterocycles. The number of pyridine rings is 1. The molecule has 0 fully saturated rings. The van der Waals surface area contributed by atoms with Crippen molar-refractivity contribution in [2.24, 2.45) is 5.84 Å². The van der Waals surface area contributed by atoms with Crippen molar-refractivity contribution in [1.82, 2.24) is 10.4 Å². The quantitative estimate of drug-likeness (QED) is 0.413. The van der Waals surface area contributed by atoms with Crippen LogP contribution in [-0.4, -0.2) is 10.9 Å². The number of nitrogens with one attached hydrogen (secondary N) is 1. The summed E-state index contributed by atoms with van der Waals surface area (Å²) < 4.78 is 0. The maximum atomic E-state index is 11.2. The molecule has 2 rings (SSSR count). The molecule has 0 atom stereocenters. The molecule has 0 saturated heterocycles. The van der Waals surface area contributed by atoms with Crippen molar-refractivity contribution in [2.75, 3.05) is 0 Å². The first-order chi connectivity index (χ1) is 7.20. The van der Waals surface area contributed by atoms with Gasteiger partial charge in [-0.2, -0.15) is 0 Å². The molecule has 0 aliphatic carbocycles. The van der Waals surface area contributed by atoms with Gasteiger partial charge in [0.2, 0.25) is 0 Å². The summed E-state index contributed by atoms with van der Waals surface area (Å²) >= 11 is 0. The number of hydrogen-bond donors (Lipinski definition) is 2. The van der Waals surface area contributed by atoms with E-state index >= 15 is 0 Å². The van der Waals surface area contributed by atoms with E-state index in [4.69, 9.17) is 5.84 Å². The molecule has 4 nitrogen and oxygen atoms in total. The molecule has 4 heteroatoms. The highest BCUT2D eigenvalue weighted by Crippen LogP contribution is 2.14. The molecular formula is C11H11N3O. The summed E-state index contributed by atoms with van der Waals surface area (Å²) in [7, 11) is 0. The Kier molecular flexibility index (Phi) is 2.35. The van der Waals surface area contributed by atoms with Crippen LogP contribution in [0.25, 0.3) is 10.9 Å². The summed E-state index contributed by atoms with van der Waals surface area (Å²) in [6.07, 6.45) is 0. The lowest BCUT2D eigenvalue weighted by Crippen LogP contribution is -2.30. The van der Waals surface area contributed by atoms with Gasteiger partial charge in [0.15, 0.2) is 0 Å². The Hall–Kier alpha value is -1.94. The second-order valence-corrected chi connectivity index (χ2v) is 3.37. The number of carbonyl (C=O) groups excluding carboxylic acids is 1. The van der Waals surface area contributed by atoms with Gasteiger partial charge < -0.3 is 0 Å². The van der Waals surface area contributed by atoms with Crippen LogP contribution in [0.3, 0.4) is 0 Å². The fourth-order valence-electron chi connectivity index (χ4n) is 1.43. The predicted octanol–water partition coefficient (Wildman–Crippen LogP) is 1.15. The van der Waals surface area contributed by atoms with Crippen LogP contribution < -0.4 is 11.3 Å². The fraction of sp³-hybridized carbons (Fsp3) is 0.0909. The molecule has 1 aromatic heterocycles. The molecule has 1 amide bonds. The smallest absolute Gasteiger partial charge is 0.283 e. The normalized spacial score (nSPS) is 10.3. The monoisotopic (exact) mass is 201 g/mol. The van der Waals surface area contributed by atoms with E-state index in [0.717, 1.165) is 16.5 Å². The highest BCUT2D eigenvalue weighted by Gasteiger charge is 2.05. The third kappa shape index (κ3) is 1.80. The first-order valence-electron chi connectivity index (χ1n) is 4.59. The van der Waals surface area contributed by atoms with Gasteiger partial charge in [0.25, 0.3) is 5.91 Å². The van der Waals surface area contributed by atoms with E-state index in [2.05, 4.69) is 10.4 Å². The number of fused-ring (bicyclic) bond motifs is 1. The molecule has 0 spiro atoms. The SMILES string of the molecule is Cc1ccc2ccc(C(=O)NN)nc2c1. The number of nitrogen functional groups attached to an aromatic ring is 1. The number of hydrazine groups is 1. The van der Waals surface area contributed by atoms with Crippen molar-refractivity contribution in [3.05, 3.63) is 41.6 Å². The molecule has 0 saturated carbocycles. The maximum absolute atomic E-state index is 11.2. The number of carbonyl (C=O) groups is 1. The third-order valence-electron chi connectivity index (χ3n) is 2.21. The first kappa shape index (κ1) is 9.61. The molecule has 1 heterocycles. The van der Waals surface area contributed by atoms with Crippen LogP contribution in [0.5, 0.6) is 0 Å². The van der Waals surface area contributed by atoms with E-state index in [1.165, 1.54) is 0 Å². The number of nitrogens with two attached hydrogens (primary N) is 1. The van der Waals surface area contributed by atoms with Gasteiger partial charge in [-0.15, -0.1) is 0 Å². The average molecular weight is 201 g/mol. The first-order valence-corrected chi connectivity index (χ1v) is 4.59. The molecule has 0 radical (unpaired) electrons. The zero-order valence-electron chi connectivity index (χ0n) is 8.32. The van der Waals surface area contributed by atoms with Gasteiger partial charge in [0, 0.05) is 5.39 Å². The van der Waals surface area contributed by atoms with Crippen LogP contribution in [0.15, 0.2) is 30.3 Å². The lowest BCUT2D eigenvalue weighted by atomic mass is 10.1. The van der Waals surface area contributed by atoms with Crippen LogP contribution >= 0.6 is 0 Å². The Labute approximate surface area is 87.1 Å². The summed E-state index contributed by atoms with van der Waals surface area (Å²) in [6, 6.07) is 9.42. The third-order valence-corrected chi connectivity index (χ3v) is 2.21. The van der Waals surface area contributed by atoms with Crippen molar-refractivity contribution >= 4 is 16.8 Å². The summed E-state index contributed by atoms with van der Waals surface area (Å²) in [4.78, 5) is 15.5. The summed E-state index contributed by atoms with van der Waals surface area (Å²) in [5.74, 6) is 4.66. The Bertz CT molecular complexity index is 522. The minimum absolute atomic E-state index is 0.329. The number of amides is 1. The number of rotatable bonds is 1. The number of benzene rings is 1. The van der Waals surface area contributed by atoms with Gasteiger partial charge in [0.1, 0.15) is 5.69 Å². The lowest BCUT2D eigenvalue weighted by molar-refractivity contribution is 0.0949. The van der Waals surface area contributed by atoms with Gasteiger partial charge in [-0.1, -0.05) is 18.2 Å². The number of hydrogen-bond acceptors (Lipinski definition) is 3. The van der Waals surface area contributed by atoms with E-state index in [1.807, 2.05) is 31.2 Å². The highest BCUT2D eigenvalue weighted by molar-refractivity contribution is 5.94. The van der Waals surface area contributed by atoms with Crippen LogP contribution in [0.4, 0.5) is 0 Å². The lowest BCUT2D eigenvalue weighted by Gasteiger charge is -2.02. The molecular weight excluding hydrogens is 190 g/mol. The van der Waals surface area contributed by atoms with Gasteiger partial charge in [-0.25, -0.2) is 10.8 Å². The molecule has 2 aromatic rings. The van der Waals surface area contributed by atoms with E-state index in [1.54, 1.807) is 6.07 Å². The molecule has 0 bridgehead atoms. The number of aryl methyl sites for hydroxylation is 1. The van der Waals surface area contributed by atoms with Crippen LogP contribution in [-0.2, 0) is 0 Å². The standard InChI is InChI=1S/C11H11N3O/c1-7-2-3-8-4-5-9(11(15)14-12)13-10(8)6-7/h2-6H,12H2,1H3,(H,14,15). The molecule has 0 unspecified atom stereocenters. The van der Waals surface area contributed by atoms with Crippen molar-refractivity contribution in [2.45, 2.75) is 6.92 Å². The van der Waals surface area contributed by atoms with Gasteiger partial charge in [0.05, 0.1) is 5.52 Å². The van der Waals surface area contributed by atoms with Crippen LogP contribution in [0, 0.1) is 6.92 Å². The van der Waals surface area contributed by atoms with E-state index in [-0.39, 0.29) is 5.91 Å². The highest BCUT2D eigenvalue weighted by atomic mass is 16.2. The summed E-state index contributed by atoms with van der Waals surface area (Å²) in [5, 5.41) is 1.01. The predicted molar refractivity (Wildman–Crippen MR) is 58.1 cm³/mol.